The van der Waals surface area contributed by atoms with Gasteiger partial charge in [-0.05, 0) is 80.1 Å². The van der Waals surface area contributed by atoms with Crippen LogP contribution in [0.4, 0.5) is 5.69 Å². The van der Waals surface area contributed by atoms with Crippen LogP contribution in [0.2, 0.25) is 0 Å². The molecule has 0 heterocycles. The number of aryl methyl sites for hydroxylation is 3. The summed E-state index contributed by atoms with van der Waals surface area (Å²) in [7, 11) is 0. The molecule has 0 unspecified atom stereocenters. The summed E-state index contributed by atoms with van der Waals surface area (Å²) in [5, 5.41) is 3.11. The van der Waals surface area contributed by atoms with Gasteiger partial charge in [0.1, 0.15) is 11.5 Å². The molecule has 168 valence electrons. The van der Waals surface area contributed by atoms with Crippen molar-refractivity contribution in [2.75, 3.05) is 18.5 Å². The molecule has 3 aromatic rings. The second kappa shape index (κ2) is 11.9. The first kappa shape index (κ1) is 23.4. The number of carbonyl (C=O) groups is 1. The van der Waals surface area contributed by atoms with E-state index in [2.05, 4.69) is 38.2 Å². The molecule has 0 saturated heterocycles. The Morgan fingerprint density at radius 3 is 1.75 bits per heavy atom. The molecule has 4 nitrogen and oxygen atoms in total. The zero-order valence-electron chi connectivity index (χ0n) is 19.3. The Hall–Kier alpha value is -3.27. The summed E-state index contributed by atoms with van der Waals surface area (Å²) in [6.45, 7) is 7.56. The quantitative estimate of drug-likeness (QED) is 0.348. The first-order chi connectivity index (χ1) is 15.6. The Labute approximate surface area is 191 Å². The Morgan fingerprint density at radius 2 is 1.25 bits per heavy atom. The lowest BCUT2D eigenvalue weighted by molar-refractivity contribution is 0.102. The van der Waals surface area contributed by atoms with E-state index in [-0.39, 0.29) is 5.91 Å². The molecule has 1 N–H and O–H groups in total. The molecule has 0 aliphatic heterocycles. The molecule has 0 bridgehead atoms. The third-order valence-electron chi connectivity index (χ3n) is 5.45. The third-order valence-corrected chi connectivity index (χ3v) is 5.45. The number of amides is 1. The van der Waals surface area contributed by atoms with Crippen LogP contribution >= 0.6 is 0 Å². The summed E-state index contributed by atoms with van der Waals surface area (Å²) in [4.78, 5) is 12.8. The topological polar surface area (TPSA) is 47.6 Å². The average Bonchev–Trinajstić information content (AvgIpc) is 2.83. The van der Waals surface area contributed by atoms with Crippen LogP contribution in [0.3, 0.4) is 0 Å². The van der Waals surface area contributed by atoms with Crippen LogP contribution in [-0.4, -0.2) is 19.1 Å². The van der Waals surface area contributed by atoms with E-state index >= 15 is 0 Å². The molecule has 0 fully saturated rings. The number of ether oxygens (including phenoxy) is 2. The molecule has 0 radical (unpaired) electrons. The molecule has 1 amide bonds. The predicted octanol–water partition coefficient (Wildman–Crippen LogP) is 6.61. The van der Waals surface area contributed by atoms with Gasteiger partial charge in [-0.3, -0.25) is 4.79 Å². The highest BCUT2D eigenvalue weighted by molar-refractivity contribution is 6.05. The first-order valence-corrected chi connectivity index (χ1v) is 11.4. The molecular weight excluding hydrogens is 398 g/mol. The lowest BCUT2D eigenvalue weighted by Crippen LogP contribution is -2.14. The summed E-state index contributed by atoms with van der Waals surface area (Å²) < 4.78 is 11.5. The first-order valence-electron chi connectivity index (χ1n) is 11.4. The van der Waals surface area contributed by atoms with E-state index in [1.807, 2.05) is 54.6 Å². The van der Waals surface area contributed by atoms with Crippen LogP contribution < -0.4 is 14.8 Å². The number of carbonyl (C=O) groups excluding carboxylic acids is 1. The van der Waals surface area contributed by atoms with Gasteiger partial charge in [-0.25, -0.2) is 0 Å². The summed E-state index contributed by atoms with van der Waals surface area (Å²) >= 11 is 0. The van der Waals surface area contributed by atoms with Crippen molar-refractivity contribution >= 4 is 11.6 Å². The fraction of sp³-hybridized carbons (Fsp3) is 0.321. The smallest absolute Gasteiger partial charge is 0.255 e. The van der Waals surface area contributed by atoms with Gasteiger partial charge in [-0.2, -0.15) is 0 Å². The molecule has 0 aliphatic rings. The average molecular weight is 432 g/mol. The summed E-state index contributed by atoms with van der Waals surface area (Å²) in [6, 6.07) is 21.6. The lowest BCUT2D eigenvalue weighted by atomic mass is 10.0. The van der Waals surface area contributed by atoms with Gasteiger partial charge >= 0.3 is 0 Å². The zero-order chi connectivity index (χ0) is 22.8. The highest BCUT2D eigenvalue weighted by Gasteiger charge is 2.12. The molecule has 0 saturated carbocycles. The Morgan fingerprint density at radius 1 is 0.750 bits per heavy atom. The van der Waals surface area contributed by atoms with E-state index in [9.17, 15) is 4.79 Å². The van der Waals surface area contributed by atoms with Gasteiger partial charge in [0.15, 0.2) is 0 Å². The highest BCUT2D eigenvalue weighted by atomic mass is 16.5. The zero-order valence-corrected chi connectivity index (χ0v) is 19.3. The minimum absolute atomic E-state index is 0.0968. The van der Waals surface area contributed by atoms with Crippen LogP contribution in [0, 0.1) is 6.92 Å². The maximum Gasteiger partial charge on any atom is 0.255 e. The largest absolute Gasteiger partial charge is 0.494 e. The van der Waals surface area contributed by atoms with E-state index < -0.39 is 0 Å². The number of rotatable bonds is 11. The van der Waals surface area contributed by atoms with Gasteiger partial charge in [-0.1, -0.05) is 49.7 Å². The van der Waals surface area contributed by atoms with Crippen LogP contribution in [0.5, 0.6) is 11.5 Å². The minimum atomic E-state index is -0.0968. The minimum Gasteiger partial charge on any atom is -0.494 e. The Kier molecular flexibility index (Phi) is 8.73. The monoisotopic (exact) mass is 431 g/mol. The number of anilines is 1. The number of unbranched alkanes of at least 4 members (excludes halogenated alkanes) is 1. The van der Waals surface area contributed by atoms with Crippen molar-refractivity contribution in [2.24, 2.45) is 0 Å². The van der Waals surface area contributed by atoms with E-state index in [1.54, 1.807) is 0 Å². The second-order valence-corrected chi connectivity index (χ2v) is 7.85. The molecule has 4 heteroatoms. The lowest BCUT2D eigenvalue weighted by Gasteiger charge is -2.14. The molecule has 3 aromatic carbocycles. The predicted molar refractivity (Wildman–Crippen MR) is 131 cm³/mol. The van der Waals surface area contributed by atoms with Crippen molar-refractivity contribution in [3.63, 3.8) is 0 Å². The summed E-state index contributed by atoms with van der Waals surface area (Å²) in [5.41, 5.74) is 5.10. The third kappa shape index (κ3) is 6.61. The number of hydrogen-bond donors (Lipinski definition) is 1. The van der Waals surface area contributed by atoms with Gasteiger partial charge in [-0.15, -0.1) is 0 Å². The van der Waals surface area contributed by atoms with E-state index in [0.29, 0.717) is 18.8 Å². The van der Waals surface area contributed by atoms with Crippen LogP contribution in [-0.2, 0) is 12.8 Å². The van der Waals surface area contributed by atoms with E-state index in [4.69, 9.17) is 9.47 Å². The second-order valence-electron chi connectivity index (χ2n) is 7.85. The normalized spacial score (nSPS) is 10.6. The Balaban J connectivity index is 1.44. The molecule has 0 aliphatic carbocycles. The van der Waals surface area contributed by atoms with Crippen LogP contribution in [0.15, 0.2) is 66.7 Å². The van der Waals surface area contributed by atoms with Crippen LogP contribution in [0.25, 0.3) is 0 Å². The number of hydrogen-bond acceptors (Lipinski definition) is 3. The summed E-state index contributed by atoms with van der Waals surface area (Å²) in [5.74, 6) is 1.57. The van der Waals surface area contributed by atoms with Gasteiger partial charge in [0.05, 0.1) is 13.2 Å². The standard InChI is InChI=1S/C28H33NO3/c1-4-22-9-8-10-23(5-2)27(22)29-28(30)24-13-17-26(18-14-24)32-20-7-6-19-31-25-15-11-21(3)12-16-25/h8-18H,4-7,19-20H2,1-3H3,(H,29,30). The van der Waals surface area contributed by atoms with E-state index in [0.717, 1.165) is 54.0 Å². The highest BCUT2D eigenvalue weighted by Crippen LogP contribution is 2.24. The fourth-order valence-electron chi connectivity index (χ4n) is 3.51. The van der Waals surface area contributed by atoms with Crippen molar-refractivity contribution in [1.29, 1.82) is 0 Å². The molecule has 0 atom stereocenters. The SMILES string of the molecule is CCc1cccc(CC)c1NC(=O)c1ccc(OCCCCOc2ccc(C)cc2)cc1. The van der Waals surface area contributed by atoms with Gasteiger partial charge in [0.2, 0.25) is 0 Å². The fourth-order valence-corrected chi connectivity index (χ4v) is 3.51. The maximum atomic E-state index is 12.8. The number of benzene rings is 3. The van der Waals surface area contributed by atoms with Gasteiger partial charge in [0, 0.05) is 11.3 Å². The van der Waals surface area contributed by atoms with Crippen molar-refractivity contribution in [1.82, 2.24) is 0 Å². The van der Waals surface area contributed by atoms with Gasteiger partial charge < -0.3 is 14.8 Å². The van der Waals surface area contributed by atoms with E-state index in [1.165, 1.54) is 5.56 Å². The molecule has 3 rings (SSSR count). The number of nitrogens with one attached hydrogen (secondary N) is 1. The number of para-hydroxylation sites is 1. The molecule has 0 aromatic heterocycles. The van der Waals surface area contributed by atoms with Crippen molar-refractivity contribution < 1.29 is 14.3 Å². The van der Waals surface area contributed by atoms with Gasteiger partial charge in [0.25, 0.3) is 5.91 Å². The van der Waals surface area contributed by atoms with Crippen molar-refractivity contribution in [3.8, 4) is 11.5 Å². The summed E-state index contributed by atoms with van der Waals surface area (Å²) in [6.07, 6.45) is 3.59. The Bertz CT molecular complexity index is 972. The van der Waals surface area contributed by atoms with Crippen molar-refractivity contribution in [3.05, 3.63) is 89.0 Å². The van der Waals surface area contributed by atoms with Crippen molar-refractivity contribution in [2.45, 2.75) is 46.5 Å². The molecule has 32 heavy (non-hydrogen) atoms. The molecule has 0 spiro atoms. The van der Waals surface area contributed by atoms with Crippen LogP contribution in [0.1, 0.15) is 53.7 Å². The molecular formula is C28H33NO3. The maximum absolute atomic E-state index is 12.8.